The molecule has 2 rings (SSSR count). The van der Waals surface area contributed by atoms with Crippen molar-refractivity contribution in [1.82, 2.24) is 4.98 Å². The second-order valence-corrected chi connectivity index (χ2v) is 7.52. The highest BCUT2D eigenvalue weighted by molar-refractivity contribution is 5.70. The second kappa shape index (κ2) is 7.15. The normalized spacial score (nSPS) is 21.4. The summed E-state index contributed by atoms with van der Waals surface area (Å²) in [6, 6.07) is 1.67. The molecule has 7 nitrogen and oxygen atoms in total. The molecule has 1 saturated heterocycles. The van der Waals surface area contributed by atoms with Gasteiger partial charge in [-0.05, 0) is 45.1 Å². The molecule has 0 spiro atoms. The predicted molar refractivity (Wildman–Crippen MR) is 90.8 cm³/mol. The van der Waals surface area contributed by atoms with Crippen LogP contribution in [0.15, 0.2) is 18.5 Å². The molecule has 0 unspecified atom stereocenters. The fraction of sp³-hybridized carbons (Fsp3) is 0.647. The van der Waals surface area contributed by atoms with Crippen LogP contribution in [0.25, 0.3) is 0 Å². The van der Waals surface area contributed by atoms with Crippen molar-refractivity contribution in [3.63, 3.8) is 0 Å². The number of carbonyl (C=O) groups is 1. The van der Waals surface area contributed by atoms with Crippen LogP contribution in [-0.4, -0.2) is 34.6 Å². The number of carbonyl (C=O) groups excluding carboxylic acids is 1. The van der Waals surface area contributed by atoms with Gasteiger partial charge in [0.2, 0.25) is 0 Å². The maximum atomic E-state index is 12.1. The topological polar surface area (TPSA) is 85.6 Å². The molecule has 1 aromatic rings. The summed E-state index contributed by atoms with van der Waals surface area (Å²) in [6.07, 6.45) is 4.08. The van der Waals surface area contributed by atoms with Gasteiger partial charge in [0.1, 0.15) is 17.5 Å². The van der Waals surface area contributed by atoms with Gasteiger partial charge in [0.25, 0.3) is 0 Å². The minimum Gasteiger partial charge on any atom is -0.460 e. The van der Waals surface area contributed by atoms with Gasteiger partial charge in [-0.25, -0.2) is 0 Å². The van der Waals surface area contributed by atoms with E-state index in [0.717, 1.165) is 13.0 Å². The van der Waals surface area contributed by atoms with E-state index in [2.05, 4.69) is 11.9 Å². The summed E-state index contributed by atoms with van der Waals surface area (Å²) in [5.74, 6) is 0.251. The number of hydrogen-bond donors (Lipinski definition) is 0. The molecular formula is C17H25N3O4. The summed E-state index contributed by atoms with van der Waals surface area (Å²) < 4.78 is 5.40. The van der Waals surface area contributed by atoms with Gasteiger partial charge in [-0.15, -0.1) is 0 Å². The van der Waals surface area contributed by atoms with Crippen molar-refractivity contribution in [2.75, 3.05) is 18.0 Å². The molecular weight excluding hydrogens is 310 g/mol. The van der Waals surface area contributed by atoms with Crippen molar-refractivity contribution in [2.45, 2.75) is 46.1 Å². The zero-order valence-electron chi connectivity index (χ0n) is 14.7. The number of anilines is 1. The summed E-state index contributed by atoms with van der Waals surface area (Å²) >= 11 is 0. The molecule has 0 saturated carbocycles. The van der Waals surface area contributed by atoms with E-state index in [9.17, 15) is 14.9 Å². The van der Waals surface area contributed by atoms with Crippen LogP contribution in [0.2, 0.25) is 0 Å². The lowest BCUT2D eigenvalue weighted by molar-refractivity contribution is -0.384. The van der Waals surface area contributed by atoms with Crippen LogP contribution in [0.3, 0.4) is 0 Å². The van der Waals surface area contributed by atoms with Crippen molar-refractivity contribution >= 4 is 17.3 Å². The molecule has 0 radical (unpaired) electrons. The Kier molecular flexibility index (Phi) is 5.41. The number of piperidine rings is 1. The molecule has 1 aromatic heterocycles. The Bertz CT molecular complexity index is 612. The first kappa shape index (κ1) is 18.2. The summed E-state index contributed by atoms with van der Waals surface area (Å²) in [6.45, 7) is 8.98. The Morgan fingerprint density at radius 3 is 2.79 bits per heavy atom. The molecule has 0 bridgehead atoms. The Morgan fingerprint density at radius 2 is 2.17 bits per heavy atom. The van der Waals surface area contributed by atoms with Crippen molar-refractivity contribution in [2.24, 2.45) is 11.8 Å². The van der Waals surface area contributed by atoms with Crippen LogP contribution in [0, 0.1) is 22.0 Å². The molecule has 1 aliphatic heterocycles. The number of aromatic nitrogens is 1. The number of rotatable bonds is 4. The SMILES string of the molecule is C[C@@H]1C[C@H](CC(=O)OC(C)(C)C)CN(c2ccncc2[N+](=O)[O-])C1. The van der Waals surface area contributed by atoms with Crippen molar-refractivity contribution in [3.05, 3.63) is 28.6 Å². The van der Waals surface area contributed by atoms with Crippen LogP contribution in [0.4, 0.5) is 11.4 Å². The van der Waals surface area contributed by atoms with E-state index in [1.54, 1.807) is 12.3 Å². The summed E-state index contributed by atoms with van der Waals surface area (Å²) in [5, 5.41) is 11.2. The monoisotopic (exact) mass is 335 g/mol. The van der Waals surface area contributed by atoms with Gasteiger partial charge in [-0.2, -0.15) is 0 Å². The Labute approximate surface area is 142 Å². The minimum absolute atomic E-state index is 0.00242. The van der Waals surface area contributed by atoms with E-state index in [0.29, 0.717) is 24.6 Å². The average molecular weight is 335 g/mol. The van der Waals surface area contributed by atoms with E-state index >= 15 is 0 Å². The fourth-order valence-corrected chi connectivity index (χ4v) is 3.23. The van der Waals surface area contributed by atoms with Crippen LogP contribution in [0.5, 0.6) is 0 Å². The second-order valence-electron chi connectivity index (χ2n) is 7.52. The lowest BCUT2D eigenvalue weighted by atomic mass is 9.88. The molecule has 24 heavy (non-hydrogen) atoms. The Hall–Kier alpha value is -2.18. The fourth-order valence-electron chi connectivity index (χ4n) is 3.23. The summed E-state index contributed by atoms with van der Waals surface area (Å²) in [7, 11) is 0. The standard InChI is InChI=1S/C17H25N3O4/c1-12-7-13(8-16(21)24-17(2,3)4)11-19(10-12)14-5-6-18-9-15(14)20(22)23/h5-6,9,12-13H,7-8,10-11H2,1-4H3/t12-,13-/m1/s1. The number of nitrogens with zero attached hydrogens (tertiary/aromatic N) is 3. The third kappa shape index (κ3) is 4.91. The van der Waals surface area contributed by atoms with E-state index in [1.165, 1.54) is 6.20 Å². The molecule has 0 amide bonds. The molecule has 1 aliphatic rings. The zero-order chi connectivity index (χ0) is 17.9. The third-order valence-corrected chi connectivity index (χ3v) is 3.94. The van der Waals surface area contributed by atoms with Gasteiger partial charge in [-0.3, -0.25) is 19.9 Å². The molecule has 132 valence electrons. The van der Waals surface area contributed by atoms with E-state index in [-0.39, 0.29) is 17.6 Å². The van der Waals surface area contributed by atoms with Crippen LogP contribution < -0.4 is 4.90 Å². The van der Waals surface area contributed by atoms with Crippen molar-refractivity contribution in [3.8, 4) is 0 Å². The van der Waals surface area contributed by atoms with Crippen molar-refractivity contribution in [1.29, 1.82) is 0 Å². The summed E-state index contributed by atoms with van der Waals surface area (Å²) in [4.78, 5) is 28.7. The van der Waals surface area contributed by atoms with Crippen molar-refractivity contribution < 1.29 is 14.5 Å². The molecule has 1 fully saturated rings. The number of hydrogen-bond acceptors (Lipinski definition) is 6. The van der Waals surface area contributed by atoms with Crippen LogP contribution in [-0.2, 0) is 9.53 Å². The number of esters is 1. The third-order valence-electron chi connectivity index (χ3n) is 3.94. The lowest BCUT2D eigenvalue weighted by Gasteiger charge is -2.37. The molecule has 0 aliphatic carbocycles. The van der Waals surface area contributed by atoms with Crippen LogP contribution in [0.1, 0.15) is 40.5 Å². The van der Waals surface area contributed by atoms with Gasteiger partial charge < -0.3 is 9.64 Å². The smallest absolute Gasteiger partial charge is 0.310 e. The van der Waals surface area contributed by atoms with E-state index < -0.39 is 10.5 Å². The number of nitro groups is 1. The first-order valence-corrected chi connectivity index (χ1v) is 8.21. The minimum atomic E-state index is -0.499. The van der Waals surface area contributed by atoms with Gasteiger partial charge in [0.05, 0.1) is 11.3 Å². The Balaban J connectivity index is 2.11. The van der Waals surface area contributed by atoms with Crippen LogP contribution >= 0.6 is 0 Å². The quantitative estimate of drug-likeness (QED) is 0.477. The van der Waals surface area contributed by atoms with E-state index in [1.807, 2.05) is 25.7 Å². The molecule has 0 N–H and O–H groups in total. The highest BCUT2D eigenvalue weighted by atomic mass is 16.6. The summed E-state index contributed by atoms with van der Waals surface area (Å²) in [5.41, 5.74) is 0.0689. The maximum absolute atomic E-state index is 12.1. The number of pyridine rings is 1. The molecule has 7 heteroatoms. The number of ether oxygens (including phenoxy) is 1. The largest absolute Gasteiger partial charge is 0.460 e. The molecule has 0 aromatic carbocycles. The molecule has 2 heterocycles. The first-order valence-electron chi connectivity index (χ1n) is 8.21. The predicted octanol–water partition coefficient (Wildman–Crippen LogP) is 3.18. The first-order chi connectivity index (χ1) is 11.2. The van der Waals surface area contributed by atoms with Gasteiger partial charge in [0, 0.05) is 19.3 Å². The van der Waals surface area contributed by atoms with E-state index in [4.69, 9.17) is 4.74 Å². The van der Waals surface area contributed by atoms with Gasteiger partial charge in [0.15, 0.2) is 0 Å². The maximum Gasteiger partial charge on any atom is 0.310 e. The zero-order valence-corrected chi connectivity index (χ0v) is 14.7. The highest BCUT2D eigenvalue weighted by Gasteiger charge is 2.31. The van der Waals surface area contributed by atoms with Gasteiger partial charge in [-0.1, -0.05) is 6.92 Å². The average Bonchev–Trinajstić information content (AvgIpc) is 2.44. The van der Waals surface area contributed by atoms with Gasteiger partial charge >= 0.3 is 11.7 Å². The highest BCUT2D eigenvalue weighted by Crippen LogP contribution is 2.33. The molecule has 2 atom stereocenters. The lowest BCUT2D eigenvalue weighted by Crippen LogP contribution is -2.41. The Morgan fingerprint density at radius 1 is 1.46 bits per heavy atom.